The van der Waals surface area contributed by atoms with Crippen LogP contribution < -0.4 is 5.32 Å². The van der Waals surface area contributed by atoms with Crippen molar-refractivity contribution in [2.75, 3.05) is 11.9 Å². The van der Waals surface area contributed by atoms with E-state index in [9.17, 15) is 9.18 Å². The van der Waals surface area contributed by atoms with Gasteiger partial charge in [-0.25, -0.2) is 14.2 Å². The first-order chi connectivity index (χ1) is 10.6. The van der Waals surface area contributed by atoms with Gasteiger partial charge in [-0.2, -0.15) is 0 Å². The second-order valence-corrected chi connectivity index (χ2v) is 6.30. The highest BCUT2D eigenvalue weighted by Gasteiger charge is 2.39. The lowest BCUT2D eigenvalue weighted by Crippen LogP contribution is -2.03. The molecule has 2 atom stereocenters. The summed E-state index contributed by atoms with van der Waals surface area (Å²) in [4.78, 5) is 16.7. The maximum absolute atomic E-state index is 12.9. The molecular weight excluding hydrogens is 303 g/mol. The predicted molar refractivity (Wildman–Crippen MR) is 84.0 cm³/mol. The number of hydrogen-bond acceptors (Lipinski definition) is 5. The number of thiazole rings is 1. The van der Waals surface area contributed by atoms with Gasteiger partial charge in [-0.1, -0.05) is 23.5 Å². The van der Waals surface area contributed by atoms with E-state index in [1.807, 2.05) is 12.1 Å². The van der Waals surface area contributed by atoms with E-state index in [0.717, 1.165) is 17.1 Å². The van der Waals surface area contributed by atoms with Gasteiger partial charge in [-0.15, -0.1) is 0 Å². The minimum Gasteiger partial charge on any atom is -0.462 e. The van der Waals surface area contributed by atoms with Crippen LogP contribution in [0, 0.1) is 12.7 Å². The van der Waals surface area contributed by atoms with Crippen LogP contribution in [0.3, 0.4) is 0 Å². The number of benzene rings is 1. The molecule has 116 valence electrons. The third-order valence-corrected chi connectivity index (χ3v) is 4.72. The van der Waals surface area contributed by atoms with E-state index in [-0.39, 0.29) is 17.8 Å². The van der Waals surface area contributed by atoms with Crippen LogP contribution in [-0.4, -0.2) is 23.6 Å². The van der Waals surface area contributed by atoms with Gasteiger partial charge in [0.2, 0.25) is 0 Å². The minimum absolute atomic E-state index is 0.219. The standard InChI is InChI=1S/C16H17FN2O2S/c1-3-21-15(20)14-9(2)18-16(22-14)19-13-8-12(13)10-4-6-11(17)7-5-10/h4-7,12-13H,3,8H2,1-2H3,(H,18,19)/t12-,13+/m0/s1. The molecule has 1 heterocycles. The summed E-state index contributed by atoms with van der Waals surface area (Å²) in [6.45, 7) is 3.94. The zero-order valence-corrected chi connectivity index (χ0v) is 13.2. The first-order valence-electron chi connectivity index (χ1n) is 7.25. The van der Waals surface area contributed by atoms with Gasteiger partial charge in [0.1, 0.15) is 10.7 Å². The molecule has 1 aliphatic rings. The van der Waals surface area contributed by atoms with Crippen molar-refractivity contribution in [3.05, 3.63) is 46.2 Å². The van der Waals surface area contributed by atoms with E-state index < -0.39 is 0 Å². The van der Waals surface area contributed by atoms with Crippen LogP contribution in [-0.2, 0) is 4.74 Å². The molecule has 1 aromatic carbocycles. The summed E-state index contributed by atoms with van der Waals surface area (Å²) in [5.41, 5.74) is 1.81. The van der Waals surface area contributed by atoms with Crippen LogP contribution in [0.4, 0.5) is 9.52 Å². The summed E-state index contributed by atoms with van der Waals surface area (Å²) in [5, 5.41) is 4.07. The van der Waals surface area contributed by atoms with Gasteiger partial charge in [-0.05, 0) is 38.0 Å². The van der Waals surface area contributed by atoms with Crippen molar-refractivity contribution in [2.45, 2.75) is 32.2 Å². The first kappa shape index (κ1) is 15.0. The van der Waals surface area contributed by atoms with Gasteiger partial charge in [0, 0.05) is 12.0 Å². The van der Waals surface area contributed by atoms with E-state index in [1.165, 1.54) is 23.5 Å². The smallest absolute Gasteiger partial charge is 0.350 e. The molecule has 4 nitrogen and oxygen atoms in total. The fourth-order valence-electron chi connectivity index (χ4n) is 2.44. The Balaban J connectivity index is 1.64. The van der Waals surface area contributed by atoms with Crippen LogP contribution in [0.15, 0.2) is 24.3 Å². The molecule has 0 bridgehead atoms. The Morgan fingerprint density at radius 1 is 1.45 bits per heavy atom. The fraction of sp³-hybridized carbons (Fsp3) is 0.375. The Hall–Kier alpha value is -1.95. The largest absolute Gasteiger partial charge is 0.462 e. The molecule has 1 aliphatic carbocycles. The van der Waals surface area contributed by atoms with Crippen molar-refractivity contribution in [3.63, 3.8) is 0 Å². The number of nitrogens with zero attached hydrogens (tertiary/aromatic N) is 1. The summed E-state index contributed by atoms with van der Waals surface area (Å²) in [7, 11) is 0. The van der Waals surface area contributed by atoms with Crippen LogP contribution in [0.1, 0.15) is 40.2 Å². The van der Waals surface area contributed by atoms with Crippen molar-refractivity contribution in [3.8, 4) is 0 Å². The zero-order valence-electron chi connectivity index (χ0n) is 12.4. The average Bonchev–Trinajstić information content (AvgIpc) is 3.14. The molecule has 0 aliphatic heterocycles. The summed E-state index contributed by atoms with van der Waals surface area (Å²) in [6.07, 6.45) is 0.985. The highest BCUT2D eigenvalue weighted by molar-refractivity contribution is 7.17. The maximum Gasteiger partial charge on any atom is 0.350 e. The van der Waals surface area contributed by atoms with Gasteiger partial charge in [0.25, 0.3) is 0 Å². The van der Waals surface area contributed by atoms with Gasteiger partial charge < -0.3 is 10.1 Å². The van der Waals surface area contributed by atoms with Crippen LogP contribution >= 0.6 is 11.3 Å². The molecule has 1 saturated carbocycles. The Morgan fingerprint density at radius 2 is 2.18 bits per heavy atom. The molecule has 6 heteroatoms. The predicted octanol–water partition coefficient (Wildman–Crippen LogP) is 3.74. The molecule has 0 spiro atoms. The highest BCUT2D eigenvalue weighted by atomic mass is 32.1. The zero-order chi connectivity index (χ0) is 15.7. The molecule has 1 N–H and O–H groups in total. The van der Waals surface area contributed by atoms with E-state index >= 15 is 0 Å². The summed E-state index contributed by atoms with van der Waals surface area (Å²) in [6, 6.07) is 6.89. The number of aryl methyl sites for hydroxylation is 1. The quantitative estimate of drug-likeness (QED) is 0.853. The summed E-state index contributed by atoms with van der Waals surface area (Å²) < 4.78 is 17.9. The second-order valence-electron chi connectivity index (χ2n) is 5.30. The number of esters is 1. The summed E-state index contributed by atoms with van der Waals surface area (Å²) >= 11 is 1.32. The number of rotatable bonds is 5. The van der Waals surface area contributed by atoms with Gasteiger partial charge in [0.15, 0.2) is 5.13 Å². The number of ether oxygens (including phenoxy) is 1. The van der Waals surface area contributed by atoms with Gasteiger partial charge in [-0.3, -0.25) is 0 Å². The molecule has 22 heavy (non-hydrogen) atoms. The number of carbonyl (C=O) groups is 1. The monoisotopic (exact) mass is 320 g/mol. The number of hydrogen-bond donors (Lipinski definition) is 1. The Kier molecular flexibility index (Phi) is 4.11. The third kappa shape index (κ3) is 3.11. The van der Waals surface area contributed by atoms with Crippen molar-refractivity contribution >= 4 is 22.4 Å². The van der Waals surface area contributed by atoms with E-state index in [4.69, 9.17) is 4.74 Å². The molecule has 1 fully saturated rings. The highest BCUT2D eigenvalue weighted by Crippen LogP contribution is 2.43. The van der Waals surface area contributed by atoms with E-state index in [1.54, 1.807) is 13.8 Å². The molecule has 0 saturated heterocycles. The lowest BCUT2D eigenvalue weighted by atomic mass is 10.1. The van der Waals surface area contributed by atoms with Crippen LogP contribution in [0.5, 0.6) is 0 Å². The molecule has 0 unspecified atom stereocenters. The Bertz CT molecular complexity index is 684. The average molecular weight is 320 g/mol. The number of nitrogens with one attached hydrogen (secondary N) is 1. The van der Waals surface area contributed by atoms with Gasteiger partial charge in [0.05, 0.1) is 12.3 Å². The molecule has 2 aromatic rings. The van der Waals surface area contributed by atoms with Crippen molar-refractivity contribution in [1.29, 1.82) is 0 Å². The molecular formula is C16H17FN2O2S. The van der Waals surface area contributed by atoms with Crippen LogP contribution in [0.25, 0.3) is 0 Å². The number of anilines is 1. The maximum atomic E-state index is 12.9. The normalized spacial score (nSPS) is 19.8. The Labute approximate surface area is 132 Å². The van der Waals surface area contributed by atoms with E-state index in [0.29, 0.717) is 23.1 Å². The van der Waals surface area contributed by atoms with Gasteiger partial charge >= 0.3 is 5.97 Å². The topological polar surface area (TPSA) is 51.2 Å². The van der Waals surface area contributed by atoms with Crippen molar-refractivity contribution < 1.29 is 13.9 Å². The number of halogens is 1. The Morgan fingerprint density at radius 3 is 2.86 bits per heavy atom. The molecule has 1 aromatic heterocycles. The number of aromatic nitrogens is 1. The minimum atomic E-state index is -0.323. The van der Waals surface area contributed by atoms with Crippen LogP contribution in [0.2, 0.25) is 0 Å². The molecule has 0 amide bonds. The lowest BCUT2D eigenvalue weighted by Gasteiger charge is -2.02. The van der Waals surface area contributed by atoms with Crippen molar-refractivity contribution in [1.82, 2.24) is 4.98 Å². The van der Waals surface area contributed by atoms with Crippen molar-refractivity contribution in [2.24, 2.45) is 0 Å². The third-order valence-electron chi connectivity index (χ3n) is 3.65. The number of carbonyl (C=O) groups excluding carboxylic acids is 1. The summed E-state index contributed by atoms with van der Waals surface area (Å²) in [5.74, 6) is -0.171. The van der Waals surface area contributed by atoms with E-state index in [2.05, 4.69) is 10.3 Å². The second kappa shape index (κ2) is 6.04. The SMILES string of the molecule is CCOC(=O)c1sc(N[C@@H]2C[C@H]2c2ccc(F)cc2)nc1C. The fourth-order valence-corrected chi connectivity index (χ4v) is 3.36. The first-order valence-corrected chi connectivity index (χ1v) is 8.06. The lowest BCUT2D eigenvalue weighted by molar-refractivity contribution is 0.0531. The molecule has 3 rings (SSSR count). The molecule has 0 radical (unpaired) electrons.